The molecule has 0 aliphatic rings. The molecule has 1 rings (SSSR count). The Morgan fingerprint density at radius 1 is 1.32 bits per heavy atom. The lowest BCUT2D eigenvalue weighted by Crippen LogP contribution is -2.41. The summed E-state index contributed by atoms with van der Waals surface area (Å²) in [6.07, 6.45) is 0.784. The van der Waals surface area contributed by atoms with Crippen LogP contribution in [0.25, 0.3) is 0 Å². The molecular weight excluding hydrogens is 331 g/mol. The highest BCUT2D eigenvalue weighted by Gasteiger charge is 2.20. The number of hydrogen-bond acceptors (Lipinski definition) is 4. The lowest BCUT2D eigenvalue weighted by molar-refractivity contribution is -0.139. The molecular formula is C14H18Cl2N2O4. The molecule has 6 nitrogen and oxygen atoms in total. The summed E-state index contributed by atoms with van der Waals surface area (Å²) in [6.45, 7) is 0.406. The summed E-state index contributed by atoms with van der Waals surface area (Å²) in [5.74, 6) is -1.11. The second-order valence-electron chi connectivity index (χ2n) is 4.63. The van der Waals surface area contributed by atoms with E-state index < -0.39 is 18.1 Å². The number of alkyl carbamates (subject to hydrolysis) is 1. The van der Waals surface area contributed by atoms with E-state index in [9.17, 15) is 9.59 Å². The molecule has 0 spiro atoms. The molecule has 1 atom stereocenters. The third-order valence-corrected chi connectivity index (χ3v) is 3.50. The van der Waals surface area contributed by atoms with E-state index in [1.165, 1.54) is 6.07 Å². The van der Waals surface area contributed by atoms with E-state index >= 15 is 0 Å². The number of nitrogens with one attached hydrogen (secondary N) is 1. The Labute approximate surface area is 138 Å². The number of nitrogens with two attached hydrogens (primary N) is 1. The summed E-state index contributed by atoms with van der Waals surface area (Å²) in [7, 11) is 0. The molecule has 0 heterocycles. The Hall–Kier alpha value is -1.50. The minimum Gasteiger partial charge on any atom is -0.480 e. The number of unbranched alkanes of at least 4 members (excludes halogenated alkanes) is 1. The van der Waals surface area contributed by atoms with Crippen molar-refractivity contribution in [3.63, 3.8) is 0 Å². The predicted octanol–water partition coefficient (Wildman–Crippen LogP) is 2.80. The van der Waals surface area contributed by atoms with Gasteiger partial charge in [-0.25, -0.2) is 9.59 Å². The van der Waals surface area contributed by atoms with Crippen LogP contribution in [0.15, 0.2) is 18.2 Å². The molecule has 1 aromatic rings. The van der Waals surface area contributed by atoms with Crippen LogP contribution in [0.4, 0.5) is 4.79 Å². The Morgan fingerprint density at radius 3 is 2.64 bits per heavy atom. The van der Waals surface area contributed by atoms with Crippen molar-refractivity contribution in [2.75, 3.05) is 6.54 Å². The van der Waals surface area contributed by atoms with Gasteiger partial charge < -0.3 is 20.9 Å². The van der Waals surface area contributed by atoms with Crippen LogP contribution in [0.3, 0.4) is 0 Å². The monoisotopic (exact) mass is 348 g/mol. The maximum Gasteiger partial charge on any atom is 0.408 e. The second-order valence-corrected chi connectivity index (χ2v) is 5.48. The Morgan fingerprint density at radius 2 is 2.05 bits per heavy atom. The molecule has 0 aliphatic carbocycles. The van der Waals surface area contributed by atoms with Crippen molar-refractivity contribution in [2.45, 2.75) is 31.9 Å². The number of rotatable bonds is 8. The number of hydrogen-bond donors (Lipinski definition) is 3. The average Bonchev–Trinajstić information content (AvgIpc) is 2.45. The molecule has 4 N–H and O–H groups in total. The Bertz CT molecular complexity index is 526. The number of carboxylic acids is 1. The van der Waals surface area contributed by atoms with Crippen LogP contribution >= 0.6 is 23.2 Å². The molecule has 22 heavy (non-hydrogen) atoms. The fraction of sp³-hybridized carbons (Fsp3) is 0.429. The van der Waals surface area contributed by atoms with Crippen molar-refractivity contribution in [3.05, 3.63) is 33.8 Å². The van der Waals surface area contributed by atoms with Gasteiger partial charge in [-0.3, -0.25) is 0 Å². The topological polar surface area (TPSA) is 102 Å². The van der Waals surface area contributed by atoms with Crippen LogP contribution < -0.4 is 11.1 Å². The van der Waals surface area contributed by atoms with Crippen LogP contribution in [0.2, 0.25) is 10.0 Å². The fourth-order valence-electron chi connectivity index (χ4n) is 1.72. The van der Waals surface area contributed by atoms with Crippen LogP contribution in [0, 0.1) is 0 Å². The summed E-state index contributed by atoms with van der Waals surface area (Å²) in [5, 5.41) is 12.2. The lowest BCUT2D eigenvalue weighted by atomic mass is 10.1. The van der Waals surface area contributed by atoms with Gasteiger partial charge in [0.15, 0.2) is 0 Å². The molecule has 122 valence electrons. The fourth-order valence-corrected chi connectivity index (χ4v) is 2.18. The zero-order valence-corrected chi connectivity index (χ0v) is 13.4. The number of aliphatic carboxylic acids is 1. The van der Waals surface area contributed by atoms with Crippen molar-refractivity contribution >= 4 is 35.3 Å². The van der Waals surface area contributed by atoms with Crippen LogP contribution in [-0.2, 0) is 16.1 Å². The summed E-state index contributed by atoms with van der Waals surface area (Å²) >= 11 is 11.7. The predicted molar refractivity (Wildman–Crippen MR) is 84.1 cm³/mol. The highest BCUT2D eigenvalue weighted by atomic mass is 35.5. The van der Waals surface area contributed by atoms with Crippen molar-refractivity contribution in [1.29, 1.82) is 0 Å². The zero-order valence-electron chi connectivity index (χ0n) is 11.9. The summed E-state index contributed by atoms with van der Waals surface area (Å²) in [6, 6.07) is 3.79. The molecule has 0 aromatic heterocycles. The quantitative estimate of drug-likeness (QED) is 0.627. The van der Waals surface area contributed by atoms with Gasteiger partial charge in [-0.1, -0.05) is 29.3 Å². The van der Waals surface area contributed by atoms with Gasteiger partial charge in [-0.15, -0.1) is 0 Å². The van der Waals surface area contributed by atoms with Crippen molar-refractivity contribution < 1.29 is 19.4 Å². The number of carbonyl (C=O) groups is 2. The van der Waals surface area contributed by atoms with Crippen molar-refractivity contribution in [2.24, 2.45) is 5.73 Å². The SMILES string of the molecule is NCCCC[C@H](NC(=O)OCc1ccc(Cl)cc1Cl)C(=O)O. The summed E-state index contributed by atoms with van der Waals surface area (Å²) < 4.78 is 4.97. The van der Waals surface area contributed by atoms with E-state index in [-0.39, 0.29) is 6.61 Å². The van der Waals surface area contributed by atoms with Crippen LogP contribution in [-0.4, -0.2) is 29.8 Å². The molecule has 0 saturated carbocycles. The van der Waals surface area contributed by atoms with Gasteiger partial charge in [0.1, 0.15) is 12.6 Å². The minimum absolute atomic E-state index is 0.0724. The third-order valence-electron chi connectivity index (χ3n) is 2.91. The normalized spacial score (nSPS) is 11.8. The first-order valence-corrected chi connectivity index (χ1v) is 7.49. The number of benzene rings is 1. The number of amides is 1. The molecule has 1 amide bonds. The highest BCUT2D eigenvalue weighted by molar-refractivity contribution is 6.35. The molecule has 8 heteroatoms. The van der Waals surface area contributed by atoms with Gasteiger partial charge in [0.25, 0.3) is 0 Å². The number of carboxylic acid groups (broad SMARTS) is 1. The van der Waals surface area contributed by atoms with Crippen LogP contribution in [0.1, 0.15) is 24.8 Å². The van der Waals surface area contributed by atoms with E-state index in [1.54, 1.807) is 12.1 Å². The summed E-state index contributed by atoms with van der Waals surface area (Å²) in [4.78, 5) is 22.7. The molecule has 0 aliphatic heterocycles. The summed E-state index contributed by atoms with van der Waals surface area (Å²) in [5.41, 5.74) is 5.93. The van der Waals surface area contributed by atoms with Gasteiger partial charge in [-0.2, -0.15) is 0 Å². The van der Waals surface area contributed by atoms with Gasteiger partial charge in [-0.05, 0) is 37.9 Å². The maximum absolute atomic E-state index is 11.7. The average molecular weight is 349 g/mol. The van der Waals surface area contributed by atoms with Gasteiger partial charge in [0.2, 0.25) is 0 Å². The minimum atomic E-state index is -1.11. The van der Waals surface area contributed by atoms with Gasteiger partial charge >= 0.3 is 12.1 Å². The van der Waals surface area contributed by atoms with E-state index in [4.69, 9.17) is 38.8 Å². The maximum atomic E-state index is 11.7. The molecule has 0 fully saturated rings. The standard InChI is InChI=1S/C14H18Cl2N2O4/c15-10-5-4-9(11(16)7-10)8-22-14(21)18-12(13(19)20)3-1-2-6-17/h4-5,7,12H,1-3,6,8,17H2,(H,18,21)(H,19,20)/t12-/m0/s1. The largest absolute Gasteiger partial charge is 0.480 e. The number of carbonyl (C=O) groups excluding carboxylic acids is 1. The first kappa shape index (κ1) is 18.5. The van der Waals surface area contributed by atoms with E-state index in [0.717, 1.165) is 0 Å². The molecule has 1 aromatic carbocycles. The van der Waals surface area contributed by atoms with Crippen molar-refractivity contribution in [1.82, 2.24) is 5.32 Å². The Kier molecular flexibility index (Phi) is 8.01. The molecule has 0 saturated heterocycles. The van der Waals surface area contributed by atoms with Gasteiger partial charge in [0.05, 0.1) is 0 Å². The Balaban J connectivity index is 2.47. The first-order chi connectivity index (χ1) is 10.4. The zero-order chi connectivity index (χ0) is 16.5. The smallest absolute Gasteiger partial charge is 0.408 e. The van der Waals surface area contributed by atoms with Crippen molar-refractivity contribution in [3.8, 4) is 0 Å². The molecule has 0 radical (unpaired) electrons. The molecule has 0 unspecified atom stereocenters. The van der Waals surface area contributed by atoms with E-state index in [2.05, 4.69) is 5.32 Å². The second kappa shape index (κ2) is 9.50. The lowest BCUT2D eigenvalue weighted by Gasteiger charge is -2.14. The van der Waals surface area contributed by atoms with Gasteiger partial charge in [0, 0.05) is 15.6 Å². The van der Waals surface area contributed by atoms with E-state index in [0.29, 0.717) is 41.4 Å². The highest BCUT2D eigenvalue weighted by Crippen LogP contribution is 2.21. The number of halogens is 2. The van der Waals surface area contributed by atoms with Crippen LogP contribution in [0.5, 0.6) is 0 Å². The van der Waals surface area contributed by atoms with E-state index in [1.807, 2.05) is 0 Å². The first-order valence-electron chi connectivity index (χ1n) is 6.74. The number of ether oxygens (including phenoxy) is 1. The molecule has 0 bridgehead atoms. The third kappa shape index (κ3) is 6.51.